The van der Waals surface area contributed by atoms with E-state index in [1.807, 2.05) is 0 Å². The molecular weight excluding hydrogens is 433 g/mol. The normalized spacial score (nSPS) is 14.1. The van der Waals surface area contributed by atoms with Crippen LogP contribution in [0.2, 0.25) is 0 Å². The van der Waals surface area contributed by atoms with Crippen molar-refractivity contribution in [1.82, 2.24) is 0 Å². The Kier molecular flexibility index (Phi) is 5.46. The highest BCUT2D eigenvalue weighted by Crippen LogP contribution is 2.40. The van der Waals surface area contributed by atoms with Gasteiger partial charge >= 0.3 is 6.28 Å². The predicted molar refractivity (Wildman–Crippen MR) is 153 cm³/mol. The average molecular weight is 463 g/mol. The SMILES string of the molecule is Cc1ccc(C2=C(c3ccccc3)c3cccc[n+]3[B-]2(c2ccc(C)cc2)c2ccc(C)cc2)cc1. The maximum Gasteiger partial charge on any atom is 0.361 e. The van der Waals surface area contributed by atoms with E-state index in [-0.39, 0.29) is 0 Å². The Morgan fingerprint density at radius 2 is 0.972 bits per heavy atom. The maximum absolute atomic E-state index is 2.55. The molecule has 6 rings (SSSR count). The van der Waals surface area contributed by atoms with E-state index in [1.54, 1.807) is 0 Å². The molecule has 2 heterocycles. The lowest BCUT2D eigenvalue weighted by molar-refractivity contribution is -0.539. The number of pyridine rings is 1. The summed E-state index contributed by atoms with van der Waals surface area (Å²) in [7, 11) is 0. The fourth-order valence-electron chi connectivity index (χ4n) is 6.06. The van der Waals surface area contributed by atoms with Gasteiger partial charge in [0, 0.05) is 11.6 Å². The van der Waals surface area contributed by atoms with Crippen LogP contribution in [0.4, 0.5) is 0 Å². The second-order valence-electron chi connectivity index (χ2n) is 10.2. The van der Waals surface area contributed by atoms with Gasteiger partial charge in [-0.1, -0.05) is 131 Å². The van der Waals surface area contributed by atoms with Crippen LogP contribution in [-0.4, -0.2) is 6.28 Å². The maximum atomic E-state index is 2.55. The Balaban J connectivity index is 1.83. The number of hydrogen-bond donors (Lipinski definition) is 0. The van der Waals surface area contributed by atoms with Gasteiger partial charge in [-0.05, 0) is 32.4 Å². The van der Waals surface area contributed by atoms with Crippen molar-refractivity contribution in [1.29, 1.82) is 0 Å². The lowest BCUT2D eigenvalue weighted by atomic mass is 9.23. The topological polar surface area (TPSA) is 3.88 Å². The lowest BCUT2D eigenvalue weighted by Gasteiger charge is -2.36. The number of benzene rings is 4. The quantitative estimate of drug-likeness (QED) is 0.287. The molecule has 0 bridgehead atoms. The lowest BCUT2D eigenvalue weighted by Crippen LogP contribution is -2.78. The molecule has 0 saturated heterocycles. The molecule has 0 atom stereocenters. The second kappa shape index (κ2) is 8.80. The number of hydrogen-bond acceptors (Lipinski definition) is 0. The van der Waals surface area contributed by atoms with E-state index in [0.717, 1.165) is 0 Å². The smallest absolute Gasteiger partial charge is 0.361 e. The molecule has 0 spiro atoms. The Labute approximate surface area is 214 Å². The monoisotopic (exact) mass is 463 g/mol. The van der Waals surface area contributed by atoms with Crippen molar-refractivity contribution in [3.63, 3.8) is 0 Å². The third-order valence-corrected chi connectivity index (χ3v) is 7.80. The van der Waals surface area contributed by atoms with Crippen LogP contribution in [-0.2, 0) is 0 Å². The molecule has 36 heavy (non-hydrogen) atoms. The van der Waals surface area contributed by atoms with Crippen LogP contribution in [0.3, 0.4) is 0 Å². The third kappa shape index (κ3) is 3.45. The molecule has 0 fully saturated rings. The van der Waals surface area contributed by atoms with E-state index in [4.69, 9.17) is 0 Å². The summed E-state index contributed by atoms with van der Waals surface area (Å²) in [5.41, 5.74) is 12.9. The molecule has 1 aliphatic rings. The van der Waals surface area contributed by atoms with E-state index in [9.17, 15) is 0 Å². The van der Waals surface area contributed by atoms with Gasteiger partial charge in [-0.2, -0.15) is 0 Å². The van der Waals surface area contributed by atoms with E-state index < -0.39 is 6.28 Å². The van der Waals surface area contributed by atoms with E-state index in [0.29, 0.717) is 0 Å². The van der Waals surface area contributed by atoms with Crippen LogP contribution in [0.5, 0.6) is 0 Å². The van der Waals surface area contributed by atoms with Gasteiger partial charge in [-0.15, -0.1) is 16.4 Å². The summed E-state index contributed by atoms with van der Waals surface area (Å²) in [4.78, 5) is 0. The van der Waals surface area contributed by atoms with E-state index in [1.165, 1.54) is 55.5 Å². The van der Waals surface area contributed by atoms with Gasteiger partial charge in [0.25, 0.3) is 0 Å². The Morgan fingerprint density at radius 1 is 0.472 bits per heavy atom. The summed E-state index contributed by atoms with van der Waals surface area (Å²) in [5, 5.41) is 0. The van der Waals surface area contributed by atoms with Crippen LogP contribution >= 0.6 is 0 Å². The average Bonchev–Trinajstić information content (AvgIpc) is 3.22. The first-order chi connectivity index (χ1) is 17.6. The van der Waals surface area contributed by atoms with Gasteiger partial charge in [-0.3, -0.25) is 0 Å². The first-order valence-corrected chi connectivity index (χ1v) is 12.8. The first kappa shape index (κ1) is 22.3. The number of aromatic nitrogens is 1. The second-order valence-corrected chi connectivity index (χ2v) is 10.2. The van der Waals surface area contributed by atoms with Crippen molar-refractivity contribution in [2.24, 2.45) is 0 Å². The van der Waals surface area contributed by atoms with Crippen molar-refractivity contribution in [2.75, 3.05) is 0 Å². The highest BCUT2D eigenvalue weighted by Gasteiger charge is 2.51. The molecule has 0 saturated carbocycles. The van der Waals surface area contributed by atoms with Crippen molar-refractivity contribution in [2.45, 2.75) is 20.8 Å². The highest BCUT2D eigenvalue weighted by molar-refractivity contribution is 7.11. The van der Waals surface area contributed by atoms with Crippen LogP contribution in [0, 0.1) is 20.8 Å². The van der Waals surface area contributed by atoms with Gasteiger partial charge in [0.05, 0.1) is 0 Å². The molecule has 0 amide bonds. The molecule has 1 aromatic heterocycles. The molecule has 1 aliphatic heterocycles. The van der Waals surface area contributed by atoms with Gasteiger partial charge in [-0.25, -0.2) is 0 Å². The summed E-state index contributed by atoms with van der Waals surface area (Å²) in [6.45, 7) is 6.49. The Bertz CT molecular complexity index is 1520. The fraction of sp³-hybridized carbons (Fsp3) is 0.0882. The molecule has 174 valence electrons. The zero-order valence-electron chi connectivity index (χ0n) is 21.1. The third-order valence-electron chi connectivity index (χ3n) is 7.80. The molecule has 0 radical (unpaired) electrons. The predicted octanol–water partition coefficient (Wildman–Crippen LogP) is 6.02. The fourth-order valence-corrected chi connectivity index (χ4v) is 6.06. The molecule has 2 heteroatoms. The number of rotatable bonds is 4. The zero-order valence-corrected chi connectivity index (χ0v) is 21.1. The summed E-state index contributed by atoms with van der Waals surface area (Å²) in [6.07, 6.45) is 0.784. The molecule has 1 nitrogen and oxygen atoms in total. The molecule has 0 aliphatic carbocycles. The van der Waals surface area contributed by atoms with Gasteiger partial charge < -0.3 is 4.48 Å². The summed E-state index contributed by atoms with van der Waals surface area (Å²) in [5.74, 6) is 0. The molecule has 4 aromatic carbocycles. The van der Waals surface area contributed by atoms with Crippen molar-refractivity contribution in [3.8, 4) is 0 Å². The summed E-state index contributed by atoms with van der Waals surface area (Å²) < 4.78 is 2.55. The van der Waals surface area contributed by atoms with Crippen LogP contribution in [0.25, 0.3) is 11.0 Å². The van der Waals surface area contributed by atoms with Gasteiger partial charge in [0.2, 0.25) is 0 Å². The zero-order chi connectivity index (χ0) is 24.7. The minimum atomic E-state index is -1.49. The highest BCUT2D eigenvalue weighted by atomic mass is 14.9. The number of fused-ring (bicyclic) bond motifs is 1. The van der Waals surface area contributed by atoms with Crippen molar-refractivity contribution >= 4 is 28.3 Å². The standard InChI is InChI=1S/C34H30BN/c1-25-12-18-29(19-13-25)34-33(28-9-5-4-6-10-28)32-11-7-8-24-36(32)35(34,30-20-14-26(2)15-21-30)31-22-16-27(3)17-23-31/h4-24H,1-3H3. The van der Waals surface area contributed by atoms with Crippen molar-refractivity contribution in [3.05, 3.63) is 161 Å². The van der Waals surface area contributed by atoms with E-state index >= 15 is 0 Å². The summed E-state index contributed by atoms with van der Waals surface area (Å²) in [6, 6.07) is 44.9. The largest absolute Gasteiger partial charge is 0.408 e. The molecule has 0 N–H and O–H groups in total. The Hall–Kier alpha value is -4.17. The van der Waals surface area contributed by atoms with Crippen molar-refractivity contribution < 1.29 is 4.48 Å². The Morgan fingerprint density at radius 3 is 1.53 bits per heavy atom. The minimum Gasteiger partial charge on any atom is -0.408 e. The van der Waals surface area contributed by atoms with Crippen LogP contribution < -0.4 is 15.4 Å². The van der Waals surface area contributed by atoms with Crippen LogP contribution in [0.15, 0.2) is 128 Å². The first-order valence-electron chi connectivity index (χ1n) is 12.8. The molecule has 0 unspecified atom stereocenters. The van der Waals surface area contributed by atoms with E-state index in [2.05, 4.69) is 153 Å². The van der Waals surface area contributed by atoms with Crippen LogP contribution in [0.1, 0.15) is 33.5 Å². The van der Waals surface area contributed by atoms with Gasteiger partial charge in [0.1, 0.15) is 6.20 Å². The molecular formula is C34H30BN. The molecule has 5 aromatic rings. The number of nitrogens with zero attached hydrogens (tertiary/aromatic N) is 1. The minimum absolute atomic E-state index is 1.25. The van der Waals surface area contributed by atoms with Gasteiger partial charge in [0.15, 0.2) is 5.69 Å². The summed E-state index contributed by atoms with van der Waals surface area (Å²) >= 11 is 0. The number of aryl methyl sites for hydroxylation is 3.